The lowest BCUT2D eigenvalue weighted by Crippen LogP contribution is -2.24. The molecular formula is C14H26O4. The molecule has 0 amide bonds. The lowest BCUT2D eigenvalue weighted by atomic mass is 9.92. The van der Waals surface area contributed by atoms with Gasteiger partial charge in [0.25, 0.3) is 0 Å². The zero-order valence-corrected chi connectivity index (χ0v) is 12.4. The van der Waals surface area contributed by atoms with Crippen LogP contribution in [0.15, 0.2) is 0 Å². The van der Waals surface area contributed by atoms with Crippen molar-refractivity contribution in [3.05, 3.63) is 0 Å². The van der Waals surface area contributed by atoms with Gasteiger partial charge in [-0.15, -0.1) is 0 Å². The van der Waals surface area contributed by atoms with Crippen molar-refractivity contribution in [2.24, 2.45) is 11.8 Å². The van der Waals surface area contributed by atoms with Crippen LogP contribution in [0.2, 0.25) is 0 Å². The van der Waals surface area contributed by atoms with Crippen LogP contribution in [0.3, 0.4) is 0 Å². The van der Waals surface area contributed by atoms with E-state index in [1.54, 1.807) is 0 Å². The van der Waals surface area contributed by atoms with Crippen LogP contribution in [0.25, 0.3) is 0 Å². The third-order valence-electron chi connectivity index (χ3n) is 3.38. The van der Waals surface area contributed by atoms with Gasteiger partial charge in [0.2, 0.25) is 0 Å². The molecule has 0 aromatic rings. The summed E-state index contributed by atoms with van der Waals surface area (Å²) in [5.74, 6) is 0.133. The third-order valence-corrected chi connectivity index (χ3v) is 3.38. The molecule has 0 bridgehead atoms. The molecule has 0 saturated heterocycles. The summed E-state index contributed by atoms with van der Waals surface area (Å²) in [4.78, 5) is 21.7. The number of ether oxygens (including phenoxy) is 2. The van der Waals surface area contributed by atoms with Crippen LogP contribution < -0.4 is 0 Å². The molecule has 0 spiro atoms. The highest BCUT2D eigenvalue weighted by Crippen LogP contribution is 2.20. The van der Waals surface area contributed by atoms with Gasteiger partial charge in [-0.1, -0.05) is 13.8 Å². The summed E-state index contributed by atoms with van der Waals surface area (Å²) in [5.41, 5.74) is 0. The second-order valence-corrected chi connectivity index (χ2v) is 5.16. The first kappa shape index (κ1) is 16.9. The number of hydrogen-bond donors (Lipinski definition) is 0. The van der Waals surface area contributed by atoms with Crippen molar-refractivity contribution in [2.75, 3.05) is 0 Å². The van der Waals surface area contributed by atoms with Crippen molar-refractivity contribution >= 4 is 11.9 Å². The smallest absolute Gasteiger partial charge is 0.302 e. The van der Waals surface area contributed by atoms with Gasteiger partial charge < -0.3 is 9.47 Å². The Morgan fingerprint density at radius 2 is 1.06 bits per heavy atom. The monoisotopic (exact) mass is 258 g/mol. The predicted molar refractivity (Wildman–Crippen MR) is 70.0 cm³/mol. The number of carbonyl (C=O) groups is 2. The Labute approximate surface area is 110 Å². The fourth-order valence-corrected chi connectivity index (χ4v) is 1.75. The Kier molecular flexibility index (Phi) is 7.64. The van der Waals surface area contributed by atoms with E-state index in [9.17, 15) is 9.59 Å². The molecule has 0 rings (SSSR count). The molecule has 0 aromatic heterocycles. The summed E-state index contributed by atoms with van der Waals surface area (Å²) in [5, 5.41) is 0. The largest absolute Gasteiger partial charge is 0.463 e. The predicted octanol–water partition coefficient (Wildman–Crippen LogP) is 2.94. The summed E-state index contributed by atoms with van der Waals surface area (Å²) < 4.78 is 10.3. The van der Waals surface area contributed by atoms with E-state index in [0.29, 0.717) is 11.8 Å². The average Bonchev–Trinajstić information content (AvgIpc) is 2.23. The van der Waals surface area contributed by atoms with Gasteiger partial charge in [0.15, 0.2) is 0 Å². The van der Waals surface area contributed by atoms with E-state index in [0.717, 1.165) is 12.8 Å². The van der Waals surface area contributed by atoms with Crippen molar-refractivity contribution in [2.45, 2.75) is 66.6 Å². The SMILES string of the molecule is CC(=O)OC(C)C(C)CCC(C)C(C)OC(C)=O. The number of esters is 2. The maximum atomic E-state index is 10.8. The lowest BCUT2D eigenvalue weighted by molar-refractivity contribution is -0.149. The van der Waals surface area contributed by atoms with Crippen molar-refractivity contribution in [3.63, 3.8) is 0 Å². The maximum Gasteiger partial charge on any atom is 0.302 e. The summed E-state index contributed by atoms with van der Waals surface area (Å²) in [7, 11) is 0. The molecule has 0 fully saturated rings. The zero-order chi connectivity index (χ0) is 14.3. The van der Waals surface area contributed by atoms with E-state index in [2.05, 4.69) is 13.8 Å². The third kappa shape index (κ3) is 7.30. The van der Waals surface area contributed by atoms with E-state index in [4.69, 9.17) is 9.47 Å². The lowest BCUT2D eigenvalue weighted by Gasteiger charge is -2.24. The van der Waals surface area contributed by atoms with Crippen LogP contribution in [0.1, 0.15) is 54.4 Å². The molecule has 0 heterocycles. The van der Waals surface area contributed by atoms with Crippen molar-refractivity contribution in [1.82, 2.24) is 0 Å². The summed E-state index contributed by atoms with van der Waals surface area (Å²) in [6.07, 6.45) is 1.75. The molecule has 4 atom stereocenters. The molecule has 0 radical (unpaired) electrons. The molecule has 0 N–H and O–H groups in total. The van der Waals surface area contributed by atoms with Gasteiger partial charge in [-0.25, -0.2) is 0 Å². The molecular weight excluding hydrogens is 232 g/mol. The molecule has 0 aliphatic rings. The normalized spacial score (nSPS) is 17.4. The second-order valence-electron chi connectivity index (χ2n) is 5.16. The Hall–Kier alpha value is -1.06. The Bertz CT molecular complexity index is 247. The highest BCUT2D eigenvalue weighted by atomic mass is 16.5. The van der Waals surface area contributed by atoms with E-state index in [1.165, 1.54) is 13.8 Å². The van der Waals surface area contributed by atoms with Crippen LogP contribution in [0.5, 0.6) is 0 Å². The molecule has 0 aliphatic heterocycles. The molecule has 0 saturated carbocycles. The van der Waals surface area contributed by atoms with Crippen LogP contribution in [0.4, 0.5) is 0 Å². The van der Waals surface area contributed by atoms with Crippen LogP contribution in [-0.2, 0) is 19.1 Å². The minimum absolute atomic E-state index is 0.0706. The molecule has 4 heteroatoms. The number of hydrogen-bond acceptors (Lipinski definition) is 4. The van der Waals surface area contributed by atoms with Crippen LogP contribution in [0, 0.1) is 11.8 Å². The minimum Gasteiger partial charge on any atom is -0.463 e. The first-order chi connectivity index (χ1) is 8.23. The highest BCUT2D eigenvalue weighted by molar-refractivity contribution is 5.66. The second kappa shape index (κ2) is 8.11. The summed E-state index contributed by atoms with van der Waals surface area (Å²) in [6.45, 7) is 10.8. The highest BCUT2D eigenvalue weighted by Gasteiger charge is 2.19. The molecule has 0 aromatic carbocycles. The quantitative estimate of drug-likeness (QED) is 0.659. The molecule has 18 heavy (non-hydrogen) atoms. The van der Waals surface area contributed by atoms with Crippen molar-refractivity contribution in [3.8, 4) is 0 Å². The summed E-state index contributed by atoms with van der Waals surface area (Å²) in [6, 6.07) is 0. The zero-order valence-electron chi connectivity index (χ0n) is 12.4. The van der Waals surface area contributed by atoms with E-state index in [-0.39, 0.29) is 24.1 Å². The van der Waals surface area contributed by atoms with E-state index >= 15 is 0 Å². The maximum absolute atomic E-state index is 10.8. The minimum atomic E-state index is -0.240. The van der Waals surface area contributed by atoms with E-state index in [1.807, 2.05) is 13.8 Å². The first-order valence-electron chi connectivity index (χ1n) is 6.58. The first-order valence-corrected chi connectivity index (χ1v) is 6.58. The molecule has 106 valence electrons. The van der Waals surface area contributed by atoms with Crippen LogP contribution in [-0.4, -0.2) is 24.1 Å². The van der Waals surface area contributed by atoms with Gasteiger partial charge in [0, 0.05) is 13.8 Å². The van der Waals surface area contributed by atoms with Gasteiger partial charge in [-0.3, -0.25) is 9.59 Å². The molecule has 0 aliphatic carbocycles. The topological polar surface area (TPSA) is 52.6 Å². The molecule has 4 unspecified atom stereocenters. The number of carbonyl (C=O) groups excluding carboxylic acids is 2. The van der Waals surface area contributed by atoms with Crippen LogP contribution >= 0.6 is 0 Å². The summed E-state index contributed by atoms with van der Waals surface area (Å²) >= 11 is 0. The molecule has 4 nitrogen and oxygen atoms in total. The average molecular weight is 258 g/mol. The van der Waals surface area contributed by atoms with E-state index < -0.39 is 0 Å². The van der Waals surface area contributed by atoms with Gasteiger partial charge in [-0.05, 0) is 38.5 Å². The van der Waals surface area contributed by atoms with Gasteiger partial charge in [0.05, 0.1) is 0 Å². The fraction of sp³-hybridized carbons (Fsp3) is 0.857. The Morgan fingerprint density at radius 3 is 1.28 bits per heavy atom. The number of rotatable bonds is 7. The standard InChI is InChI=1S/C14H26O4/c1-9(11(3)17-13(5)15)7-8-10(2)12(4)18-14(6)16/h9-12H,7-8H2,1-6H3. The van der Waals surface area contributed by atoms with Gasteiger partial charge in [0.1, 0.15) is 12.2 Å². The van der Waals surface area contributed by atoms with Crippen molar-refractivity contribution in [1.29, 1.82) is 0 Å². The van der Waals surface area contributed by atoms with Gasteiger partial charge in [-0.2, -0.15) is 0 Å². The Balaban J connectivity index is 4.00. The Morgan fingerprint density at radius 1 is 0.778 bits per heavy atom. The van der Waals surface area contributed by atoms with Crippen molar-refractivity contribution < 1.29 is 19.1 Å². The fourth-order valence-electron chi connectivity index (χ4n) is 1.75. The van der Waals surface area contributed by atoms with Gasteiger partial charge >= 0.3 is 11.9 Å².